The minimum Gasteiger partial charge on any atom is -0.335 e. The second kappa shape index (κ2) is 8.74. The van der Waals surface area contributed by atoms with Gasteiger partial charge in [0.25, 0.3) is 5.91 Å². The number of hydrogen-bond donors (Lipinski definition) is 1. The van der Waals surface area contributed by atoms with E-state index in [1.807, 2.05) is 17.0 Å². The molecule has 1 aromatic rings. The molecule has 1 N–H and O–H groups in total. The van der Waals surface area contributed by atoms with Gasteiger partial charge >= 0.3 is 0 Å². The van der Waals surface area contributed by atoms with E-state index in [1.54, 1.807) is 10.4 Å². The second-order valence-electron chi connectivity index (χ2n) is 8.90. The van der Waals surface area contributed by atoms with Crippen LogP contribution in [0.2, 0.25) is 0 Å². The van der Waals surface area contributed by atoms with Crippen LogP contribution in [0.25, 0.3) is 0 Å². The van der Waals surface area contributed by atoms with Crippen LogP contribution in [0.1, 0.15) is 50.2 Å². The number of carbonyl (C=O) groups is 1. The Balaban J connectivity index is 1.36. The van der Waals surface area contributed by atoms with Gasteiger partial charge in [0.1, 0.15) is 0 Å². The minimum absolute atomic E-state index is 0.166. The number of sulfonamides is 1. The van der Waals surface area contributed by atoms with E-state index in [4.69, 9.17) is 0 Å². The molecule has 1 amide bonds. The molecule has 0 aromatic heterocycles. The van der Waals surface area contributed by atoms with Crippen molar-refractivity contribution in [3.05, 3.63) is 29.3 Å². The first-order valence-corrected chi connectivity index (χ1v) is 12.6. The molecule has 3 aliphatic rings. The lowest BCUT2D eigenvalue weighted by Crippen LogP contribution is -3.17. The molecule has 160 valence electrons. The van der Waals surface area contributed by atoms with Gasteiger partial charge in [0.15, 0.2) is 6.54 Å². The van der Waals surface area contributed by atoms with Crippen LogP contribution in [0, 0.1) is 0 Å². The zero-order valence-electron chi connectivity index (χ0n) is 17.5. The molecule has 1 unspecified atom stereocenters. The van der Waals surface area contributed by atoms with E-state index < -0.39 is 10.0 Å². The Morgan fingerprint density at radius 1 is 1.03 bits per heavy atom. The Kier molecular flexibility index (Phi) is 6.27. The zero-order valence-corrected chi connectivity index (χ0v) is 18.3. The summed E-state index contributed by atoms with van der Waals surface area (Å²) in [4.78, 5) is 16.4. The number of piperazine rings is 1. The molecule has 4 rings (SSSR count). The zero-order chi connectivity index (χ0) is 20.4. The van der Waals surface area contributed by atoms with Crippen molar-refractivity contribution in [2.45, 2.75) is 62.8 Å². The predicted molar refractivity (Wildman–Crippen MR) is 112 cm³/mol. The summed E-state index contributed by atoms with van der Waals surface area (Å²) in [6.45, 7) is 5.59. The molecule has 0 spiro atoms. The Morgan fingerprint density at radius 3 is 2.48 bits per heavy atom. The van der Waals surface area contributed by atoms with Crippen LogP contribution in [0.5, 0.6) is 0 Å². The smallest absolute Gasteiger partial charge is 0.277 e. The predicted octanol–water partition coefficient (Wildman–Crippen LogP) is 0.856. The number of fused-ring (bicyclic) bond motifs is 1. The van der Waals surface area contributed by atoms with E-state index in [0.29, 0.717) is 43.7 Å². The quantitative estimate of drug-likeness (QED) is 0.786. The van der Waals surface area contributed by atoms with Gasteiger partial charge in [-0.25, -0.2) is 8.42 Å². The largest absolute Gasteiger partial charge is 0.335 e. The van der Waals surface area contributed by atoms with Crippen LogP contribution >= 0.6 is 0 Å². The number of likely N-dealkylation sites (tertiary alicyclic amines) is 1. The fourth-order valence-corrected chi connectivity index (χ4v) is 6.49. The summed E-state index contributed by atoms with van der Waals surface area (Å²) < 4.78 is 27.8. The third kappa shape index (κ3) is 4.52. The summed E-state index contributed by atoms with van der Waals surface area (Å²) in [5, 5.41) is 0. The highest BCUT2D eigenvalue weighted by Gasteiger charge is 2.32. The lowest BCUT2D eigenvalue weighted by Gasteiger charge is -2.36. The van der Waals surface area contributed by atoms with E-state index in [1.165, 1.54) is 41.7 Å². The summed E-state index contributed by atoms with van der Waals surface area (Å²) in [5.41, 5.74) is 2.48. The standard InChI is InChI=1S/C22H33N3O3S/c1-18-6-4-5-11-24(18)17-22(26)23-12-14-25(15-13-23)29(27,28)21-10-9-19-7-2-3-8-20(19)16-21/h9-10,16,18H,2-8,11-15,17H2,1H3/p+1/t18-/m0/s1. The number of amides is 1. The van der Waals surface area contributed by atoms with E-state index in [9.17, 15) is 13.2 Å². The van der Waals surface area contributed by atoms with E-state index >= 15 is 0 Å². The third-order valence-electron chi connectivity index (χ3n) is 7.01. The van der Waals surface area contributed by atoms with Gasteiger partial charge in [0, 0.05) is 26.2 Å². The van der Waals surface area contributed by atoms with Gasteiger partial charge in [-0.05, 0) is 75.1 Å². The molecule has 1 aromatic carbocycles. The molecule has 1 aliphatic carbocycles. The lowest BCUT2D eigenvalue weighted by molar-refractivity contribution is -0.921. The average Bonchev–Trinajstić information content (AvgIpc) is 2.75. The number of rotatable bonds is 4. The number of nitrogens with zero attached hydrogens (tertiary/aromatic N) is 2. The van der Waals surface area contributed by atoms with Gasteiger partial charge in [0.05, 0.1) is 17.5 Å². The number of aryl methyl sites for hydroxylation is 2. The fraction of sp³-hybridized carbons (Fsp3) is 0.682. The summed E-state index contributed by atoms with van der Waals surface area (Å²) in [6.07, 6.45) is 7.99. The normalized spacial score (nSPS) is 26.2. The van der Waals surface area contributed by atoms with Gasteiger partial charge in [0.2, 0.25) is 10.0 Å². The summed E-state index contributed by atoms with van der Waals surface area (Å²) in [5.74, 6) is 0.166. The number of hydrogen-bond acceptors (Lipinski definition) is 3. The van der Waals surface area contributed by atoms with Crippen molar-refractivity contribution in [1.82, 2.24) is 9.21 Å². The monoisotopic (exact) mass is 420 g/mol. The highest BCUT2D eigenvalue weighted by Crippen LogP contribution is 2.26. The Labute approximate surface area is 174 Å². The van der Waals surface area contributed by atoms with Gasteiger partial charge in [-0.15, -0.1) is 0 Å². The van der Waals surface area contributed by atoms with Crippen LogP contribution in [0.4, 0.5) is 0 Å². The first-order valence-electron chi connectivity index (χ1n) is 11.2. The maximum Gasteiger partial charge on any atom is 0.277 e. The molecule has 6 nitrogen and oxygen atoms in total. The minimum atomic E-state index is -3.49. The molecule has 29 heavy (non-hydrogen) atoms. The molecule has 2 fully saturated rings. The topological polar surface area (TPSA) is 62.1 Å². The van der Waals surface area contributed by atoms with E-state index in [0.717, 1.165) is 25.8 Å². The van der Waals surface area contributed by atoms with Crippen molar-refractivity contribution in [1.29, 1.82) is 0 Å². The molecule has 2 saturated heterocycles. The summed E-state index contributed by atoms with van der Waals surface area (Å²) in [7, 11) is -3.49. The average molecular weight is 421 g/mol. The maximum absolute atomic E-state index is 13.1. The van der Waals surface area contributed by atoms with Crippen molar-refractivity contribution in [2.24, 2.45) is 0 Å². The SMILES string of the molecule is C[C@H]1CCCC[NH+]1CC(=O)N1CCN(S(=O)(=O)c2ccc3c(c2)CCCC3)CC1. The van der Waals surface area contributed by atoms with Crippen molar-refractivity contribution in [3.8, 4) is 0 Å². The van der Waals surface area contributed by atoms with Crippen LogP contribution in [-0.2, 0) is 27.7 Å². The number of carbonyl (C=O) groups excluding carboxylic acids is 1. The fourth-order valence-electron chi connectivity index (χ4n) is 5.02. The van der Waals surface area contributed by atoms with Crippen LogP contribution < -0.4 is 4.90 Å². The van der Waals surface area contributed by atoms with Crippen LogP contribution in [0.3, 0.4) is 0 Å². The van der Waals surface area contributed by atoms with Gasteiger partial charge in [-0.1, -0.05) is 6.07 Å². The lowest BCUT2D eigenvalue weighted by atomic mass is 9.92. The highest BCUT2D eigenvalue weighted by molar-refractivity contribution is 7.89. The molecule has 0 bridgehead atoms. The number of quaternary nitrogens is 1. The number of nitrogens with one attached hydrogen (secondary N) is 1. The first kappa shape index (κ1) is 20.8. The molecule has 2 atom stereocenters. The van der Waals surface area contributed by atoms with Crippen molar-refractivity contribution in [2.75, 3.05) is 39.3 Å². The molecular formula is C22H34N3O3S+. The van der Waals surface area contributed by atoms with Gasteiger partial charge in [-0.2, -0.15) is 4.31 Å². The van der Waals surface area contributed by atoms with Gasteiger partial charge < -0.3 is 9.80 Å². The highest BCUT2D eigenvalue weighted by atomic mass is 32.2. The summed E-state index contributed by atoms with van der Waals surface area (Å²) >= 11 is 0. The van der Waals surface area contributed by atoms with Crippen molar-refractivity contribution in [3.63, 3.8) is 0 Å². The molecule has 2 heterocycles. The Hall–Kier alpha value is -1.44. The third-order valence-corrected chi connectivity index (χ3v) is 8.90. The first-order chi connectivity index (χ1) is 13.9. The second-order valence-corrected chi connectivity index (χ2v) is 10.8. The molecule has 7 heteroatoms. The maximum atomic E-state index is 13.1. The number of piperidine rings is 1. The summed E-state index contributed by atoms with van der Waals surface area (Å²) in [6, 6.07) is 6.17. The molecule has 0 saturated carbocycles. The van der Waals surface area contributed by atoms with E-state index in [-0.39, 0.29) is 5.91 Å². The Morgan fingerprint density at radius 2 is 1.76 bits per heavy atom. The van der Waals surface area contributed by atoms with Crippen LogP contribution in [-0.4, -0.2) is 68.8 Å². The molecule has 0 radical (unpaired) electrons. The van der Waals surface area contributed by atoms with Gasteiger partial charge in [-0.3, -0.25) is 4.79 Å². The van der Waals surface area contributed by atoms with Crippen LogP contribution in [0.15, 0.2) is 23.1 Å². The van der Waals surface area contributed by atoms with Crippen molar-refractivity contribution >= 4 is 15.9 Å². The molecule has 2 aliphatic heterocycles. The van der Waals surface area contributed by atoms with Crippen molar-refractivity contribution < 1.29 is 18.1 Å². The molecular weight excluding hydrogens is 386 g/mol. The Bertz CT molecular complexity index is 847. The van der Waals surface area contributed by atoms with E-state index in [2.05, 4.69) is 6.92 Å². The number of benzene rings is 1.